The van der Waals surface area contributed by atoms with Gasteiger partial charge in [-0.1, -0.05) is 26.0 Å². The molecule has 1 aromatic heterocycles. The molecule has 3 saturated carbocycles. The van der Waals surface area contributed by atoms with E-state index in [9.17, 15) is 4.79 Å². The summed E-state index contributed by atoms with van der Waals surface area (Å²) in [5, 5.41) is 0. The molecule has 7 atom stereocenters. The summed E-state index contributed by atoms with van der Waals surface area (Å²) in [5.41, 5.74) is 4.03. The number of rotatable bonds is 1. The molecule has 31 heavy (non-hydrogen) atoms. The van der Waals surface area contributed by atoms with E-state index in [1.807, 2.05) is 18.0 Å². The third-order valence-electron chi connectivity index (χ3n) is 10.1. The number of aromatic nitrogens is 2. The molecule has 0 spiro atoms. The van der Waals surface area contributed by atoms with E-state index < -0.39 is 0 Å². The highest BCUT2D eigenvalue weighted by Gasteiger charge is 2.60. The van der Waals surface area contributed by atoms with E-state index in [1.54, 1.807) is 0 Å². The van der Waals surface area contributed by atoms with Crippen LogP contribution in [0, 0.1) is 35.5 Å². The zero-order chi connectivity index (χ0) is 21.5. The molecule has 4 aliphatic rings. The van der Waals surface area contributed by atoms with Crippen LogP contribution in [0.4, 0.5) is 0 Å². The van der Waals surface area contributed by atoms with Crippen LogP contribution in [0.1, 0.15) is 69.7 Å². The molecule has 0 radical (unpaired) electrons. The Kier molecular flexibility index (Phi) is 4.08. The Morgan fingerprint density at radius 3 is 2.77 bits per heavy atom. The molecule has 1 amide bonds. The Labute approximate surface area is 185 Å². The number of likely N-dealkylation sites (N-methyl/N-ethyl adjacent to an activating group) is 1. The van der Waals surface area contributed by atoms with E-state index in [0.717, 1.165) is 23.8 Å². The first-order valence-electron chi connectivity index (χ1n) is 12.2. The van der Waals surface area contributed by atoms with Crippen LogP contribution in [0.5, 0.6) is 0 Å². The van der Waals surface area contributed by atoms with Crippen molar-refractivity contribution in [3.63, 3.8) is 0 Å². The van der Waals surface area contributed by atoms with Crippen molar-refractivity contribution >= 4 is 16.9 Å². The predicted molar refractivity (Wildman–Crippen MR) is 124 cm³/mol. The lowest BCUT2D eigenvalue weighted by Gasteiger charge is -2.60. The van der Waals surface area contributed by atoms with Gasteiger partial charge in [0.05, 0.1) is 11.0 Å². The molecule has 3 aliphatic carbocycles. The molecule has 2 unspecified atom stereocenters. The smallest absolute Gasteiger partial charge is 0.246 e. The molecule has 1 N–H and O–H groups in total. The highest BCUT2D eigenvalue weighted by Crippen LogP contribution is 2.67. The largest absolute Gasteiger partial charge is 0.342 e. The predicted octanol–water partition coefficient (Wildman–Crippen LogP) is 5.59. The van der Waals surface area contributed by atoms with Crippen molar-refractivity contribution in [1.29, 1.82) is 0 Å². The van der Waals surface area contributed by atoms with Crippen LogP contribution in [-0.4, -0.2) is 33.9 Å². The molecule has 6 rings (SSSR count). The Balaban J connectivity index is 1.33. The van der Waals surface area contributed by atoms with E-state index in [4.69, 9.17) is 4.98 Å². The molecule has 0 saturated heterocycles. The van der Waals surface area contributed by atoms with Gasteiger partial charge < -0.3 is 9.88 Å². The molecular weight excluding hydrogens is 382 g/mol. The lowest BCUT2D eigenvalue weighted by molar-refractivity contribution is -0.138. The van der Waals surface area contributed by atoms with Crippen molar-refractivity contribution in [2.45, 2.75) is 71.3 Å². The fourth-order valence-corrected chi connectivity index (χ4v) is 8.50. The first kappa shape index (κ1) is 19.6. The fraction of sp³-hybridized carbons (Fsp3) is 0.630. The maximum absolute atomic E-state index is 12.3. The van der Waals surface area contributed by atoms with Crippen LogP contribution < -0.4 is 0 Å². The van der Waals surface area contributed by atoms with Gasteiger partial charge in [0.25, 0.3) is 0 Å². The summed E-state index contributed by atoms with van der Waals surface area (Å²) in [5.74, 6) is 4.15. The van der Waals surface area contributed by atoms with Gasteiger partial charge in [0.2, 0.25) is 5.91 Å². The molecular formula is C27H35N3O. The molecule has 2 aromatic rings. The normalized spacial score (nSPS) is 41.9. The maximum atomic E-state index is 12.3. The van der Waals surface area contributed by atoms with E-state index in [0.29, 0.717) is 23.3 Å². The standard InChI is InChI=1S/C27H35N3O/c1-16-5-9-21-22(15-16)29-25(28-21)20-8-7-18-17-6-10-23-27(3,14-12-24(31)30(23)4)19(17)11-13-26(18,20)2/h5,9,12,14-15,17-20,23H,6-8,10-11,13H2,1-4H3,(H,28,29)/t17?,18-,19?,20+,23+,26-,27+/m0/s1. The third kappa shape index (κ3) is 2.60. The van der Waals surface area contributed by atoms with Crippen LogP contribution in [0.3, 0.4) is 0 Å². The number of H-pyrrole nitrogens is 1. The minimum Gasteiger partial charge on any atom is -0.342 e. The van der Waals surface area contributed by atoms with Gasteiger partial charge in [0.15, 0.2) is 0 Å². The number of aryl methyl sites for hydroxylation is 1. The van der Waals surface area contributed by atoms with Crippen molar-refractivity contribution in [3.8, 4) is 0 Å². The second-order valence-corrected chi connectivity index (χ2v) is 11.4. The zero-order valence-corrected chi connectivity index (χ0v) is 19.3. The van der Waals surface area contributed by atoms with Gasteiger partial charge in [-0.05, 0) is 92.4 Å². The summed E-state index contributed by atoms with van der Waals surface area (Å²) in [6, 6.07) is 6.92. The number of nitrogens with one attached hydrogen (secondary N) is 1. The van der Waals surface area contributed by atoms with Crippen molar-refractivity contribution in [2.24, 2.45) is 28.6 Å². The highest BCUT2D eigenvalue weighted by atomic mass is 16.2. The van der Waals surface area contributed by atoms with Gasteiger partial charge in [0, 0.05) is 24.4 Å². The van der Waals surface area contributed by atoms with Gasteiger partial charge >= 0.3 is 0 Å². The zero-order valence-electron chi connectivity index (χ0n) is 19.3. The number of hydrogen-bond acceptors (Lipinski definition) is 2. The molecule has 164 valence electrons. The quantitative estimate of drug-likeness (QED) is 0.657. The maximum Gasteiger partial charge on any atom is 0.246 e. The van der Waals surface area contributed by atoms with Gasteiger partial charge in [-0.25, -0.2) is 4.98 Å². The van der Waals surface area contributed by atoms with E-state index in [-0.39, 0.29) is 11.3 Å². The highest BCUT2D eigenvalue weighted by molar-refractivity contribution is 5.89. The van der Waals surface area contributed by atoms with Gasteiger partial charge in [-0.15, -0.1) is 0 Å². The molecule has 4 nitrogen and oxygen atoms in total. The molecule has 2 heterocycles. The minimum atomic E-state index is 0.127. The van der Waals surface area contributed by atoms with Crippen LogP contribution in [0.25, 0.3) is 11.0 Å². The van der Waals surface area contributed by atoms with E-state index in [1.165, 1.54) is 49.0 Å². The molecule has 1 aromatic carbocycles. The number of benzene rings is 1. The molecule has 4 heteroatoms. The minimum absolute atomic E-state index is 0.127. The first-order chi connectivity index (χ1) is 14.8. The average Bonchev–Trinajstić information content (AvgIpc) is 3.30. The van der Waals surface area contributed by atoms with Crippen LogP contribution in [0.15, 0.2) is 30.4 Å². The SMILES string of the molecule is Cc1ccc2nc([C@H]3CC[C@H]4C5CC[C@H]6N(C)C(=O)C=C[C@]6(C)C5CC[C@]34C)[nH]c2c1. The summed E-state index contributed by atoms with van der Waals surface area (Å²) < 4.78 is 0. The summed E-state index contributed by atoms with van der Waals surface area (Å²) in [6.07, 6.45) is 11.7. The van der Waals surface area contributed by atoms with Crippen molar-refractivity contribution in [1.82, 2.24) is 14.9 Å². The topological polar surface area (TPSA) is 49.0 Å². The number of carbonyl (C=O) groups excluding carboxylic acids is 1. The summed E-state index contributed by atoms with van der Waals surface area (Å²) >= 11 is 0. The van der Waals surface area contributed by atoms with Gasteiger partial charge in [-0.2, -0.15) is 0 Å². The van der Waals surface area contributed by atoms with Gasteiger partial charge in [-0.3, -0.25) is 4.79 Å². The van der Waals surface area contributed by atoms with E-state index >= 15 is 0 Å². The number of imidazole rings is 1. The molecule has 1 aliphatic heterocycles. The van der Waals surface area contributed by atoms with Gasteiger partial charge in [0.1, 0.15) is 5.82 Å². The number of hydrogen-bond donors (Lipinski definition) is 1. The molecule has 3 fully saturated rings. The number of amides is 1. The average molecular weight is 418 g/mol. The fourth-order valence-electron chi connectivity index (χ4n) is 8.50. The first-order valence-corrected chi connectivity index (χ1v) is 12.2. The summed E-state index contributed by atoms with van der Waals surface area (Å²) in [6.45, 7) is 7.14. The monoisotopic (exact) mass is 417 g/mol. The van der Waals surface area contributed by atoms with Crippen LogP contribution in [-0.2, 0) is 4.79 Å². The number of nitrogens with zero attached hydrogens (tertiary/aromatic N) is 2. The summed E-state index contributed by atoms with van der Waals surface area (Å²) in [4.78, 5) is 23.1. The second-order valence-electron chi connectivity index (χ2n) is 11.4. The van der Waals surface area contributed by atoms with Crippen molar-refractivity contribution in [3.05, 3.63) is 41.7 Å². The lowest BCUT2D eigenvalue weighted by atomic mass is 9.47. The lowest BCUT2D eigenvalue weighted by Crippen LogP contribution is -2.59. The number of fused-ring (bicyclic) bond motifs is 6. The Bertz CT molecular complexity index is 1090. The van der Waals surface area contributed by atoms with Crippen LogP contribution in [0.2, 0.25) is 0 Å². The van der Waals surface area contributed by atoms with Crippen molar-refractivity contribution < 1.29 is 4.79 Å². The number of aromatic amines is 1. The van der Waals surface area contributed by atoms with Crippen LogP contribution >= 0.6 is 0 Å². The second kappa shape index (κ2) is 6.46. The molecule has 0 bridgehead atoms. The van der Waals surface area contributed by atoms with Crippen molar-refractivity contribution in [2.75, 3.05) is 7.05 Å². The number of carbonyl (C=O) groups is 1. The Morgan fingerprint density at radius 1 is 1.10 bits per heavy atom. The van der Waals surface area contributed by atoms with E-state index in [2.05, 4.69) is 50.0 Å². The third-order valence-corrected chi connectivity index (χ3v) is 10.1. The Hall–Kier alpha value is -2.10. The Morgan fingerprint density at radius 2 is 1.94 bits per heavy atom. The summed E-state index contributed by atoms with van der Waals surface area (Å²) in [7, 11) is 2.01.